The normalized spacial score (nSPS) is 33.5. The van der Waals surface area contributed by atoms with Gasteiger partial charge in [0.05, 0.1) is 14.9 Å². The first-order chi connectivity index (χ1) is 8.66. The van der Waals surface area contributed by atoms with E-state index in [1.54, 1.807) is 0 Å². The van der Waals surface area contributed by atoms with Crippen LogP contribution in [0.3, 0.4) is 0 Å². The van der Waals surface area contributed by atoms with E-state index in [9.17, 15) is 0 Å². The lowest BCUT2D eigenvalue weighted by Crippen LogP contribution is -2.17. The van der Waals surface area contributed by atoms with Crippen molar-refractivity contribution in [1.29, 1.82) is 0 Å². The van der Waals surface area contributed by atoms with Crippen LogP contribution in [0.25, 0.3) is 0 Å². The molecule has 0 amide bonds. The summed E-state index contributed by atoms with van der Waals surface area (Å²) in [5.74, 6) is 0.973. The molecular formula is C15H33B3. The van der Waals surface area contributed by atoms with Crippen LogP contribution in [-0.2, 0) is 0 Å². The Kier molecular flexibility index (Phi) is 8.26. The zero-order valence-corrected chi connectivity index (χ0v) is 13.3. The lowest BCUT2D eigenvalue weighted by Gasteiger charge is -2.28. The molecule has 18 heavy (non-hydrogen) atoms. The van der Waals surface area contributed by atoms with Crippen molar-refractivity contribution in [3.63, 3.8) is 0 Å². The maximum absolute atomic E-state index is 2.53. The summed E-state index contributed by atoms with van der Waals surface area (Å²) in [6, 6.07) is 0. The molecule has 0 nitrogen and oxygen atoms in total. The summed E-state index contributed by atoms with van der Waals surface area (Å²) in [7, 11) is 6.24. The topological polar surface area (TPSA) is 0 Å². The molecule has 0 bridgehead atoms. The Morgan fingerprint density at radius 1 is 0.833 bits per heavy atom. The van der Waals surface area contributed by atoms with E-state index in [0.717, 1.165) is 5.82 Å². The third-order valence-corrected chi connectivity index (χ3v) is 5.31. The third kappa shape index (κ3) is 6.95. The van der Waals surface area contributed by atoms with Gasteiger partial charge in [-0.1, -0.05) is 95.1 Å². The van der Waals surface area contributed by atoms with Crippen LogP contribution in [0, 0.1) is 0 Å². The van der Waals surface area contributed by atoms with Gasteiger partial charge in [-0.3, -0.25) is 0 Å². The molecule has 0 heterocycles. The quantitative estimate of drug-likeness (QED) is 0.622. The first kappa shape index (κ1) is 16.2. The van der Waals surface area contributed by atoms with Gasteiger partial charge in [0.25, 0.3) is 0 Å². The van der Waals surface area contributed by atoms with Gasteiger partial charge < -0.3 is 0 Å². The van der Waals surface area contributed by atoms with Gasteiger partial charge >= 0.3 is 0 Å². The standard InChI is InChI=1S/C15H33B3/c1-15(18-17)12-8-5-3-2-4-6-10-14(16)11-7-9-13-15/h14,18H,2-13,16-17H2,1H3. The van der Waals surface area contributed by atoms with Gasteiger partial charge in [-0.15, -0.1) is 0 Å². The van der Waals surface area contributed by atoms with E-state index >= 15 is 0 Å². The molecule has 0 aliphatic heterocycles. The fourth-order valence-electron chi connectivity index (χ4n) is 3.42. The molecule has 1 aliphatic rings. The smallest absolute Gasteiger partial charge is 0.0697 e. The largest absolute Gasteiger partial charge is 0.105 e. The van der Waals surface area contributed by atoms with Gasteiger partial charge in [0.15, 0.2) is 0 Å². The van der Waals surface area contributed by atoms with Crippen molar-refractivity contribution in [3.8, 4) is 0 Å². The number of hydrogen-bond acceptors (Lipinski definition) is 0. The fourth-order valence-corrected chi connectivity index (χ4v) is 3.42. The van der Waals surface area contributed by atoms with Crippen molar-refractivity contribution in [1.82, 2.24) is 0 Å². The summed E-state index contributed by atoms with van der Waals surface area (Å²) in [6.07, 6.45) is 17.7. The van der Waals surface area contributed by atoms with E-state index < -0.39 is 0 Å². The third-order valence-electron chi connectivity index (χ3n) is 5.31. The van der Waals surface area contributed by atoms with Gasteiger partial charge in [0.2, 0.25) is 0 Å². The molecule has 0 aromatic rings. The van der Waals surface area contributed by atoms with Crippen LogP contribution >= 0.6 is 0 Å². The van der Waals surface area contributed by atoms with E-state index in [4.69, 9.17) is 0 Å². The monoisotopic (exact) mass is 246 g/mol. The van der Waals surface area contributed by atoms with Crippen LogP contribution in [0.1, 0.15) is 84.0 Å². The molecule has 1 saturated carbocycles. The summed E-state index contributed by atoms with van der Waals surface area (Å²) < 4.78 is 0. The zero-order chi connectivity index (χ0) is 13.3. The number of rotatable bonds is 1. The summed E-state index contributed by atoms with van der Waals surface area (Å²) in [6.45, 7) is 2.53. The minimum absolute atomic E-state index is 0.646. The molecule has 2 atom stereocenters. The van der Waals surface area contributed by atoms with Crippen molar-refractivity contribution in [2.45, 2.75) is 95.1 Å². The van der Waals surface area contributed by atoms with Crippen LogP contribution in [0.5, 0.6) is 0 Å². The zero-order valence-electron chi connectivity index (χ0n) is 13.3. The molecule has 0 spiro atoms. The Bertz CT molecular complexity index is 208. The van der Waals surface area contributed by atoms with Crippen LogP contribution in [-0.4, -0.2) is 22.8 Å². The van der Waals surface area contributed by atoms with Crippen molar-refractivity contribution in [2.24, 2.45) is 0 Å². The highest BCUT2D eigenvalue weighted by atomic mass is 14.2. The van der Waals surface area contributed by atoms with Crippen LogP contribution in [0.15, 0.2) is 0 Å². The molecule has 3 heteroatoms. The van der Waals surface area contributed by atoms with Crippen molar-refractivity contribution in [3.05, 3.63) is 0 Å². The van der Waals surface area contributed by atoms with Gasteiger partial charge in [-0.05, 0) is 0 Å². The van der Waals surface area contributed by atoms with Crippen LogP contribution < -0.4 is 0 Å². The predicted octanol–water partition coefficient (Wildman–Crippen LogP) is 3.27. The van der Waals surface area contributed by atoms with E-state index in [1.165, 1.54) is 84.2 Å². The Morgan fingerprint density at radius 3 is 1.89 bits per heavy atom. The Labute approximate surface area is 118 Å². The van der Waals surface area contributed by atoms with E-state index in [1.807, 2.05) is 0 Å². The average Bonchev–Trinajstić information content (AvgIpc) is 2.37. The predicted molar refractivity (Wildman–Crippen MR) is 91.8 cm³/mol. The Balaban J connectivity index is 2.37. The van der Waals surface area contributed by atoms with E-state index in [2.05, 4.69) is 22.5 Å². The molecule has 1 rings (SSSR count). The van der Waals surface area contributed by atoms with Gasteiger partial charge in [0.1, 0.15) is 7.85 Å². The van der Waals surface area contributed by atoms with Crippen molar-refractivity contribution >= 4 is 22.8 Å². The highest BCUT2D eigenvalue weighted by Gasteiger charge is 2.21. The summed E-state index contributed by atoms with van der Waals surface area (Å²) in [4.78, 5) is 0. The SMILES string of the molecule is BBC1(C)CCCCCCCCC(B)CCCC1. The summed E-state index contributed by atoms with van der Waals surface area (Å²) in [5, 5.41) is 0.646. The molecule has 0 aromatic heterocycles. The van der Waals surface area contributed by atoms with E-state index in [0.29, 0.717) is 5.31 Å². The van der Waals surface area contributed by atoms with Gasteiger partial charge in [0, 0.05) is 0 Å². The minimum Gasteiger partial charge on any atom is -0.0697 e. The highest BCUT2D eigenvalue weighted by molar-refractivity contribution is 6.91. The van der Waals surface area contributed by atoms with Gasteiger partial charge in [-0.2, -0.15) is 0 Å². The fraction of sp³-hybridized carbons (Fsp3) is 1.00. The highest BCUT2D eigenvalue weighted by Crippen LogP contribution is 2.37. The molecule has 0 N–H and O–H groups in total. The maximum Gasteiger partial charge on any atom is 0.105 e. The Morgan fingerprint density at radius 2 is 1.28 bits per heavy atom. The molecule has 2 unspecified atom stereocenters. The molecule has 1 aliphatic carbocycles. The molecule has 0 radical (unpaired) electrons. The summed E-state index contributed by atoms with van der Waals surface area (Å²) in [5.41, 5.74) is 0. The second-order valence-corrected chi connectivity index (χ2v) is 7.18. The van der Waals surface area contributed by atoms with Crippen LogP contribution in [0.4, 0.5) is 0 Å². The lowest BCUT2D eigenvalue weighted by molar-refractivity contribution is 0.438. The summed E-state index contributed by atoms with van der Waals surface area (Å²) >= 11 is 0. The van der Waals surface area contributed by atoms with Crippen molar-refractivity contribution < 1.29 is 0 Å². The first-order valence-electron chi connectivity index (χ1n) is 8.66. The van der Waals surface area contributed by atoms with Gasteiger partial charge in [-0.25, -0.2) is 0 Å². The van der Waals surface area contributed by atoms with Crippen LogP contribution in [0.2, 0.25) is 11.1 Å². The maximum atomic E-state index is 2.53. The molecule has 102 valence electrons. The number of hydrogen-bond donors (Lipinski definition) is 0. The molecule has 0 aromatic carbocycles. The second kappa shape index (κ2) is 9.15. The first-order valence-corrected chi connectivity index (χ1v) is 8.66. The molecule has 0 saturated heterocycles. The molecular weight excluding hydrogens is 213 g/mol. The van der Waals surface area contributed by atoms with E-state index in [-0.39, 0.29) is 0 Å². The van der Waals surface area contributed by atoms with Crippen molar-refractivity contribution in [2.75, 3.05) is 0 Å². The lowest BCUT2D eigenvalue weighted by atomic mass is 9.37. The average molecular weight is 246 g/mol. The minimum atomic E-state index is 0.646. The second-order valence-electron chi connectivity index (χ2n) is 7.18. The Hall–Kier alpha value is 0.195. The molecule has 1 fully saturated rings.